The van der Waals surface area contributed by atoms with E-state index in [9.17, 15) is 29.7 Å². The Hall–Kier alpha value is -3.79. The van der Waals surface area contributed by atoms with E-state index in [-0.39, 0.29) is 32.0 Å². The van der Waals surface area contributed by atoms with Gasteiger partial charge in [-0.15, -0.1) is 0 Å². The Morgan fingerprint density at radius 3 is 2.14 bits per heavy atom. The van der Waals surface area contributed by atoms with Crippen molar-refractivity contribution >= 4 is 18.2 Å². The highest BCUT2D eigenvalue weighted by atomic mass is 16.8. The average Bonchev–Trinajstić information content (AvgIpc) is 3.53. The Kier molecular flexibility index (Phi) is 14.9. The number of ether oxygens (including phenoxy) is 7. The van der Waals surface area contributed by atoms with Crippen LogP contribution in [-0.4, -0.2) is 112 Å². The number of carbonyl (C=O) groups excluding carboxylic acids is 3. The van der Waals surface area contributed by atoms with Crippen LogP contribution >= 0.6 is 0 Å². The fourth-order valence-corrected chi connectivity index (χ4v) is 9.01. The number of rotatable bonds is 11. The Labute approximate surface area is 342 Å². The van der Waals surface area contributed by atoms with E-state index in [2.05, 4.69) is 0 Å². The average molecular weight is 814 g/mol. The van der Waals surface area contributed by atoms with E-state index < -0.39 is 102 Å². The summed E-state index contributed by atoms with van der Waals surface area (Å²) < 4.78 is 43.5. The van der Waals surface area contributed by atoms with Crippen molar-refractivity contribution in [1.29, 1.82) is 0 Å². The van der Waals surface area contributed by atoms with Crippen LogP contribution in [0.25, 0.3) is 0 Å². The molecule has 0 radical (unpaired) electrons. The first-order chi connectivity index (χ1) is 27.4. The van der Waals surface area contributed by atoms with Gasteiger partial charge in [0.1, 0.15) is 24.9 Å². The maximum Gasteiger partial charge on any atom is 0.509 e. The maximum atomic E-state index is 13.8. The largest absolute Gasteiger partial charge is 0.509 e. The number of carbonyl (C=O) groups is 3. The summed E-state index contributed by atoms with van der Waals surface area (Å²) in [6.07, 6.45) is -9.13. The number of esters is 1. The fraction of sp³-hybridized carbons (Fsp3) is 0.659. The van der Waals surface area contributed by atoms with Crippen molar-refractivity contribution in [3.05, 3.63) is 71.8 Å². The van der Waals surface area contributed by atoms with Gasteiger partial charge in [-0.1, -0.05) is 88.4 Å². The van der Waals surface area contributed by atoms with Gasteiger partial charge in [0.05, 0.1) is 48.1 Å². The first kappa shape index (κ1) is 45.3. The molecule has 58 heavy (non-hydrogen) atoms. The van der Waals surface area contributed by atoms with Crippen molar-refractivity contribution in [3.8, 4) is 0 Å². The Balaban J connectivity index is 1.49. The molecule has 6 unspecified atom stereocenters. The number of nitrogens with zero attached hydrogens (tertiary/aromatic N) is 1. The van der Waals surface area contributed by atoms with Crippen LogP contribution in [-0.2, 0) is 51.2 Å². The summed E-state index contributed by atoms with van der Waals surface area (Å²) in [5, 5.41) is 34.4. The van der Waals surface area contributed by atoms with Crippen molar-refractivity contribution in [2.24, 2.45) is 23.7 Å². The lowest BCUT2D eigenvalue weighted by molar-refractivity contribution is -0.301. The number of likely N-dealkylation sites (N-methyl/N-ethyl adjacent to an activating group) is 1. The van der Waals surface area contributed by atoms with Crippen molar-refractivity contribution in [1.82, 2.24) is 4.90 Å². The summed E-state index contributed by atoms with van der Waals surface area (Å²) in [5.41, 5.74) is -1.42. The summed E-state index contributed by atoms with van der Waals surface area (Å²) in [6, 6.07) is 17.5. The zero-order valence-electron chi connectivity index (χ0n) is 35.2. The van der Waals surface area contributed by atoms with Gasteiger partial charge in [0.2, 0.25) is 0 Å². The van der Waals surface area contributed by atoms with Gasteiger partial charge < -0.3 is 53.4 Å². The number of aliphatic hydroxyl groups excluding tert-OH is 2. The normalized spacial score (nSPS) is 35.7. The molecule has 322 valence electrons. The molecule has 0 saturated carbocycles. The highest BCUT2D eigenvalue weighted by Gasteiger charge is 2.58. The zero-order valence-corrected chi connectivity index (χ0v) is 35.2. The molecule has 3 aliphatic rings. The lowest BCUT2D eigenvalue weighted by Gasteiger charge is -2.47. The summed E-state index contributed by atoms with van der Waals surface area (Å²) >= 11 is 0. The van der Waals surface area contributed by atoms with E-state index in [4.69, 9.17) is 33.2 Å². The maximum absolute atomic E-state index is 13.8. The SMILES string of the molecule is CC[C@@H](O)[C@@](C)(O)[C@@H]1OC(=O)[C@H](C)[C@H](O)[C@H](C)[C@@H](OC2OC(C)CC(N(C)C(=O)OCc3ccccc3)C2OC(=O)OCc2ccccc2)[C@@]2(C)CC(C)C(O2)[C@@H]1C. The first-order valence-corrected chi connectivity index (χ1v) is 20.5. The van der Waals surface area contributed by atoms with Crippen LogP contribution in [0, 0.1) is 23.7 Å². The van der Waals surface area contributed by atoms with Crippen molar-refractivity contribution in [2.75, 3.05) is 7.05 Å². The van der Waals surface area contributed by atoms with Crippen LogP contribution in [0.1, 0.15) is 85.8 Å². The molecule has 2 aromatic rings. The second kappa shape index (κ2) is 19.1. The first-order valence-electron chi connectivity index (χ1n) is 20.5. The molecular weight excluding hydrogens is 750 g/mol. The summed E-state index contributed by atoms with van der Waals surface area (Å²) in [7, 11) is 1.56. The molecule has 0 aliphatic carbocycles. The summed E-state index contributed by atoms with van der Waals surface area (Å²) in [4.78, 5) is 42.2. The number of cyclic esters (lactones) is 1. The zero-order chi connectivity index (χ0) is 42.5. The van der Waals surface area contributed by atoms with E-state index in [1.807, 2.05) is 88.4 Å². The van der Waals surface area contributed by atoms with Crippen molar-refractivity contribution < 1.29 is 62.9 Å². The number of hydrogen-bond acceptors (Lipinski definition) is 13. The number of benzene rings is 2. The molecule has 3 saturated heterocycles. The lowest BCUT2D eigenvalue weighted by Crippen LogP contribution is -2.61. The molecule has 14 heteroatoms. The minimum atomic E-state index is -1.83. The van der Waals surface area contributed by atoms with Gasteiger partial charge in [-0.2, -0.15) is 0 Å². The highest BCUT2D eigenvalue weighted by molar-refractivity contribution is 5.73. The third-order valence-electron chi connectivity index (χ3n) is 12.4. The summed E-state index contributed by atoms with van der Waals surface area (Å²) in [6.45, 7) is 13.9. The number of fused-ring (bicyclic) bond motifs is 2. The molecule has 1 amide bonds. The number of hydrogen-bond donors (Lipinski definition) is 3. The summed E-state index contributed by atoms with van der Waals surface area (Å²) in [5.74, 6) is -3.41. The van der Waals surface area contributed by atoms with Gasteiger partial charge >= 0.3 is 18.2 Å². The third kappa shape index (κ3) is 10.1. The quantitative estimate of drug-likeness (QED) is 0.184. The molecule has 0 aromatic heterocycles. The topological polar surface area (TPSA) is 180 Å². The standard InChI is InChI=1S/C44H63NO13/c1-10-33(46)44(8,51)38-29(6)35-25(2)22-43(7,58-35)37(27(4)34(47)28(5)39(48)56-38)57-40-36(55-42(50)53-24-31-19-15-12-16-20-31)32(21-26(3)54-40)45(9)41(49)52-23-30-17-13-11-14-18-30/h11-20,25-29,32-38,40,46-47,51H,10,21-24H2,1-9H3/t25?,26?,27-,28+,29-,32?,33+,34+,35?,36?,37+,38+,40?,43+,44+/m0/s1. The van der Waals surface area contributed by atoms with E-state index in [1.54, 1.807) is 20.9 Å². The van der Waals surface area contributed by atoms with Gasteiger partial charge in [0.25, 0.3) is 0 Å². The molecule has 5 rings (SSSR count). The lowest BCUT2D eigenvalue weighted by atomic mass is 9.76. The minimum Gasteiger partial charge on any atom is -0.459 e. The second-order valence-corrected chi connectivity index (χ2v) is 17.0. The van der Waals surface area contributed by atoms with Crippen LogP contribution in [0.4, 0.5) is 9.59 Å². The van der Waals surface area contributed by atoms with Crippen LogP contribution < -0.4 is 0 Å². The molecule has 3 aliphatic heterocycles. The Bertz CT molecular complexity index is 1660. The molecule has 0 spiro atoms. The van der Waals surface area contributed by atoms with Crippen LogP contribution in [0.15, 0.2) is 60.7 Å². The molecular formula is C44H63NO13. The smallest absolute Gasteiger partial charge is 0.459 e. The monoisotopic (exact) mass is 813 g/mol. The Morgan fingerprint density at radius 1 is 0.966 bits per heavy atom. The van der Waals surface area contributed by atoms with Gasteiger partial charge in [0.15, 0.2) is 12.4 Å². The predicted octanol–water partition coefficient (Wildman–Crippen LogP) is 5.77. The van der Waals surface area contributed by atoms with Crippen molar-refractivity contribution in [2.45, 2.75) is 154 Å². The van der Waals surface area contributed by atoms with Gasteiger partial charge in [-0.3, -0.25) is 4.79 Å². The fourth-order valence-electron chi connectivity index (χ4n) is 9.01. The molecule has 3 heterocycles. The van der Waals surface area contributed by atoms with Crippen LogP contribution in [0.5, 0.6) is 0 Å². The Morgan fingerprint density at radius 2 is 1.55 bits per heavy atom. The van der Waals surface area contributed by atoms with E-state index in [0.29, 0.717) is 6.42 Å². The van der Waals surface area contributed by atoms with E-state index >= 15 is 0 Å². The molecule has 15 atom stereocenters. The third-order valence-corrected chi connectivity index (χ3v) is 12.4. The highest BCUT2D eigenvalue weighted by Crippen LogP contribution is 2.48. The molecule has 2 aromatic carbocycles. The molecule has 3 fully saturated rings. The van der Waals surface area contributed by atoms with Crippen molar-refractivity contribution in [3.63, 3.8) is 0 Å². The van der Waals surface area contributed by atoms with Gasteiger partial charge in [-0.05, 0) is 64.0 Å². The van der Waals surface area contributed by atoms with Crippen LogP contribution in [0.3, 0.4) is 0 Å². The second-order valence-electron chi connectivity index (χ2n) is 17.0. The van der Waals surface area contributed by atoms with Gasteiger partial charge in [0, 0.05) is 18.9 Å². The van der Waals surface area contributed by atoms with E-state index in [1.165, 1.54) is 18.7 Å². The number of aliphatic hydroxyl groups is 3. The van der Waals surface area contributed by atoms with E-state index in [0.717, 1.165) is 11.1 Å². The molecule has 14 nitrogen and oxygen atoms in total. The minimum absolute atomic E-state index is 0.0205. The number of amides is 1. The molecule has 2 bridgehead atoms. The predicted molar refractivity (Wildman–Crippen MR) is 211 cm³/mol. The van der Waals surface area contributed by atoms with Gasteiger partial charge in [-0.25, -0.2) is 9.59 Å². The van der Waals surface area contributed by atoms with Crippen LogP contribution in [0.2, 0.25) is 0 Å². The molecule has 3 N–H and O–H groups in total.